The predicted octanol–water partition coefficient (Wildman–Crippen LogP) is 2.85. The van der Waals surface area contributed by atoms with Gasteiger partial charge in [0, 0.05) is 25.2 Å². The third-order valence-electron chi connectivity index (χ3n) is 2.86. The van der Waals surface area contributed by atoms with Gasteiger partial charge in [0.2, 0.25) is 0 Å². The standard InChI is InChI=1S/C13H20IN3O2S/c1-3-4-15-13-11(14)9(7-18-2)16-12(17-13)10-8-20-6-5-19-10/h10H,3-8H2,1-2H3,(H,15,16,17). The molecule has 1 fully saturated rings. The number of thioether (sulfide) groups is 1. The molecule has 20 heavy (non-hydrogen) atoms. The minimum absolute atomic E-state index is 0.0106. The lowest BCUT2D eigenvalue weighted by atomic mass is 10.3. The van der Waals surface area contributed by atoms with E-state index in [1.807, 2.05) is 11.8 Å². The van der Waals surface area contributed by atoms with Crippen LogP contribution in [0.4, 0.5) is 5.82 Å². The van der Waals surface area contributed by atoms with Gasteiger partial charge >= 0.3 is 0 Å². The van der Waals surface area contributed by atoms with Crippen molar-refractivity contribution in [2.24, 2.45) is 0 Å². The molecule has 1 aliphatic heterocycles. The summed E-state index contributed by atoms with van der Waals surface area (Å²) in [7, 11) is 1.68. The second kappa shape index (κ2) is 8.35. The van der Waals surface area contributed by atoms with Gasteiger partial charge in [-0.2, -0.15) is 11.8 Å². The molecule has 0 radical (unpaired) electrons. The normalized spacial score (nSPS) is 19.1. The first-order chi connectivity index (χ1) is 9.76. The molecule has 1 N–H and O–H groups in total. The molecule has 1 unspecified atom stereocenters. The van der Waals surface area contributed by atoms with Crippen LogP contribution in [0, 0.1) is 3.57 Å². The van der Waals surface area contributed by atoms with Crippen molar-refractivity contribution in [1.29, 1.82) is 0 Å². The Hall–Kier alpha value is -0.120. The summed E-state index contributed by atoms with van der Waals surface area (Å²) in [6.45, 7) is 4.30. The van der Waals surface area contributed by atoms with Gasteiger partial charge in [-0.3, -0.25) is 0 Å². The van der Waals surface area contributed by atoms with Gasteiger partial charge in [0.1, 0.15) is 11.9 Å². The van der Waals surface area contributed by atoms with Crippen LogP contribution < -0.4 is 5.32 Å². The van der Waals surface area contributed by atoms with Gasteiger partial charge in [-0.25, -0.2) is 9.97 Å². The topological polar surface area (TPSA) is 56.3 Å². The van der Waals surface area contributed by atoms with E-state index in [-0.39, 0.29) is 6.10 Å². The first kappa shape index (κ1) is 16.3. The SMILES string of the molecule is CCCNc1nc(C2CSCCO2)nc(COC)c1I. The fourth-order valence-electron chi connectivity index (χ4n) is 1.89. The van der Waals surface area contributed by atoms with Crippen molar-refractivity contribution < 1.29 is 9.47 Å². The highest BCUT2D eigenvalue weighted by molar-refractivity contribution is 14.1. The molecule has 1 aromatic heterocycles. The molecular formula is C13H20IN3O2S. The van der Waals surface area contributed by atoms with Gasteiger partial charge < -0.3 is 14.8 Å². The fourth-order valence-corrected chi connectivity index (χ4v) is 3.31. The number of nitrogens with zero attached hydrogens (tertiary/aromatic N) is 2. The zero-order chi connectivity index (χ0) is 14.4. The molecule has 0 saturated carbocycles. The first-order valence-corrected chi connectivity index (χ1v) is 8.98. The molecule has 0 bridgehead atoms. The Kier molecular flexibility index (Phi) is 6.79. The van der Waals surface area contributed by atoms with Crippen LogP contribution in [0.1, 0.15) is 31.0 Å². The van der Waals surface area contributed by atoms with E-state index in [0.717, 1.165) is 52.0 Å². The molecule has 7 heteroatoms. The Labute approximate surface area is 137 Å². The van der Waals surface area contributed by atoms with Crippen LogP contribution in [-0.4, -0.2) is 41.7 Å². The summed E-state index contributed by atoms with van der Waals surface area (Å²) in [4.78, 5) is 9.29. The van der Waals surface area contributed by atoms with Crippen molar-refractivity contribution in [2.75, 3.05) is 37.1 Å². The third-order valence-corrected chi connectivity index (χ3v) is 4.99. The quantitative estimate of drug-likeness (QED) is 0.730. The van der Waals surface area contributed by atoms with E-state index >= 15 is 0 Å². The van der Waals surface area contributed by atoms with Crippen molar-refractivity contribution >= 4 is 40.2 Å². The molecular weight excluding hydrogens is 389 g/mol. The molecule has 1 atom stereocenters. The van der Waals surface area contributed by atoms with E-state index in [1.54, 1.807) is 7.11 Å². The highest BCUT2D eigenvalue weighted by Crippen LogP contribution is 2.28. The van der Waals surface area contributed by atoms with Crippen LogP contribution in [0.25, 0.3) is 0 Å². The Morgan fingerprint density at radius 1 is 1.50 bits per heavy atom. The van der Waals surface area contributed by atoms with Crippen LogP contribution in [0.15, 0.2) is 0 Å². The monoisotopic (exact) mass is 409 g/mol. The Balaban J connectivity index is 2.27. The van der Waals surface area contributed by atoms with Gasteiger partial charge in [-0.1, -0.05) is 6.92 Å². The lowest BCUT2D eigenvalue weighted by Crippen LogP contribution is -2.20. The number of aromatic nitrogens is 2. The molecule has 0 spiro atoms. The van der Waals surface area contributed by atoms with Crippen LogP contribution in [-0.2, 0) is 16.1 Å². The largest absolute Gasteiger partial charge is 0.378 e. The maximum atomic E-state index is 5.78. The third kappa shape index (κ3) is 4.19. The number of methoxy groups -OCH3 is 1. The van der Waals surface area contributed by atoms with Gasteiger partial charge in [-0.15, -0.1) is 0 Å². The molecule has 2 heterocycles. The smallest absolute Gasteiger partial charge is 0.160 e. The summed E-state index contributed by atoms with van der Waals surface area (Å²) in [5, 5.41) is 3.36. The molecule has 2 rings (SSSR count). The van der Waals surface area contributed by atoms with Crippen LogP contribution >= 0.6 is 34.4 Å². The molecule has 1 aliphatic rings. The van der Waals surface area contributed by atoms with Crippen LogP contribution in [0.3, 0.4) is 0 Å². The fraction of sp³-hybridized carbons (Fsp3) is 0.692. The summed E-state index contributed by atoms with van der Waals surface area (Å²) < 4.78 is 12.1. The molecule has 0 amide bonds. The lowest BCUT2D eigenvalue weighted by Gasteiger charge is -2.22. The number of nitrogens with one attached hydrogen (secondary N) is 1. The molecule has 112 valence electrons. The van der Waals surface area contributed by atoms with E-state index in [4.69, 9.17) is 9.47 Å². The highest BCUT2D eigenvalue weighted by atomic mass is 127. The van der Waals surface area contributed by atoms with Gasteiger partial charge in [0.25, 0.3) is 0 Å². The summed E-state index contributed by atoms with van der Waals surface area (Å²) in [6.07, 6.45) is 1.05. The summed E-state index contributed by atoms with van der Waals surface area (Å²) in [5.74, 6) is 3.62. The zero-order valence-electron chi connectivity index (χ0n) is 11.8. The van der Waals surface area contributed by atoms with Gasteiger partial charge in [0.05, 0.1) is 22.5 Å². The molecule has 1 saturated heterocycles. The minimum atomic E-state index is -0.0106. The number of ether oxygens (including phenoxy) is 2. The molecule has 5 nitrogen and oxygen atoms in total. The van der Waals surface area contributed by atoms with E-state index in [0.29, 0.717) is 6.61 Å². The maximum absolute atomic E-state index is 5.78. The van der Waals surface area contributed by atoms with E-state index < -0.39 is 0 Å². The highest BCUT2D eigenvalue weighted by Gasteiger charge is 2.22. The van der Waals surface area contributed by atoms with Gasteiger partial charge in [-0.05, 0) is 29.0 Å². The van der Waals surface area contributed by atoms with Crippen LogP contribution in [0.2, 0.25) is 0 Å². The number of anilines is 1. The second-order valence-electron chi connectivity index (χ2n) is 4.49. The summed E-state index contributed by atoms with van der Waals surface area (Å²) >= 11 is 4.16. The van der Waals surface area contributed by atoms with E-state index in [2.05, 4.69) is 44.8 Å². The van der Waals surface area contributed by atoms with Gasteiger partial charge in [0.15, 0.2) is 5.82 Å². The molecule has 1 aromatic rings. The Morgan fingerprint density at radius 3 is 3.00 bits per heavy atom. The average Bonchev–Trinajstić information content (AvgIpc) is 2.49. The predicted molar refractivity (Wildman–Crippen MR) is 90.3 cm³/mol. The molecule has 0 aliphatic carbocycles. The Bertz CT molecular complexity index is 442. The second-order valence-corrected chi connectivity index (χ2v) is 6.71. The van der Waals surface area contributed by atoms with Crippen molar-refractivity contribution in [3.63, 3.8) is 0 Å². The van der Waals surface area contributed by atoms with Crippen LogP contribution in [0.5, 0.6) is 0 Å². The summed E-state index contributed by atoms with van der Waals surface area (Å²) in [6, 6.07) is 0. The van der Waals surface area contributed by atoms with Crippen molar-refractivity contribution in [2.45, 2.75) is 26.1 Å². The van der Waals surface area contributed by atoms with Crippen molar-refractivity contribution in [3.05, 3.63) is 15.1 Å². The van der Waals surface area contributed by atoms with E-state index in [1.165, 1.54) is 0 Å². The first-order valence-electron chi connectivity index (χ1n) is 6.74. The zero-order valence-corrected chi connectivity index (χ0v) is 14.8. The number of hydrogen-bond acceptors (Lipinski definition) is 6. The number of hydrogen-bond donors (Lipinski definition) is 1. The van der Waals surface area contributed by atoms with Crippen molar-refractivity contribution in [1.82, 2.24) is 9.97 Å². The average molecular weight is 409 g/mol. The van der Waals surface area contributed by atoms with Crippen molar-refractivity contribution in [3.8, 4) is 0 Å². The lowest BCUT2D eigenvalue weighted by molar-refractivity contribution is 0.0689. The number of rotatable bonds is 6. The molecule has 0 aromatic carbocycles. The number of halogens is 1. The Morgan fingerprint density at radius 2 is 2.35 bits per heavy atom. The minimum Gasteiger partial charge on any atom is -0.378 e. The maximum Gasteiger partial charge on any atom is 0.160 e. The summed E-state index contributed by atoms with van der Waals surface area (Å²) in [5.41, 5.74) is 0.927. The van der Waals surface area contributed by atoms with E-state index in [9.17, 15) is 0 Å².